The molecule has 0 spiro atoms. The van der Waals surface area contributed by atoms with Gasteiger partial charge < -0.3 is 10.4 Å². The molecule has 0 radical (unpaired) electrons. The van der Waals surface area contributed by atoms with Crippen LogP contribution in [0, 0.1) is 0 Å². The molecule has 21 heavy (non-hydrogen) atoms. The van der Waals surface area contributed by atoms with Crippen molar-refractivity contribution in [1.82, 2.24) is 10.0 Å². The fourth-order valence-electron chi connectivity index (χ4n) is 1.60. The van der Waals surface area contributed by atoms with Gasteiger partial charge in [0.25, 0.3) is 0 Å². The standard InChI is InChI=1S/C9H20N2O2S.C2HF3O2/c1-2-3-7-14(12,13)11-9-5-4-6-10-8-9;3-2(4,5)1(6)7/h9-11H,2-8H2,1H3;(H,6,7)/t9-;/m1./s1. The molecule has 1 fully saturated rings. The maximum Gasteiger partial charge on any atom is 0.490 e. The number of carboxylic acid groups (broad SMARTS) is 1. The second kappa shape index (κ2) is 9.21. The summed E-state index contributed by atoms with van der Waals surface area (Å²) in [5.74, 6) is -2.49. The molecule has 1 heterocycles. The Balaban J connectivity index is 0.000000486. The van der Waals surface area contributed by atoms with Crippen LogP contribution in [0.3, 0.4) is 0 Å². The Hall–Kier alpha value is -0.870. The topological polar surface area (TPSA) is 95.5 Å². The minimum absolute atomic E-state index is 0.102. The van der Waals surface area contributed by atoms with Crippen LogP contribution in [0.5, 0.6) is 0 Å². The molecule has 10 heteroatoms. The zero-order valence-corrected chi connectivity index (χ0v) is 12.6. The van der Waals surface area contributed by atoms with E-state index in [1.165, 1.54) is 0 Å². The lowest BCUT2D eigenvalue weighted by molar-refractivity contribution is -0.192. The monoisotopic (exact) mass is 334 g/mol. The van der Waals surface area contributed by atoms with Gasteiger partial charge in [0.2, 0.25) is 10.0 Å². The van der Waals surface area contributed by atoms with Crippen molar-refractivity contribution in [3.05, 3.63) is 0 Å². The van der Waals surface area contributed by atoms with E-state index in [2.05, 4.69) is 10.0 Å². The molecule has 1 saturated heterocycles. The molecule has 1 rings (SSSR count). The predicted octanol–water partition coefficient (Wildman–Crippen LogP) is 1.09. The van der Waals surface area contributed by atoms with E-state index in [4.69, 9.17) is 9.90 Å². The number of hydrogen-bond acceptors (Lipinski definition) is 4. The van der Waals surface area contributed by atoms with Gasteiger partial charge >= 0.3 is 12.1 Å². The van der Waals surface area contributed by atoms with Crippen LogP contribution in [0.25, 0.3) is 0 Å². The van der Waals surface area contributed by atoms with Crippen LogP contribution in [-0.2, 0) is 14.8 Å². The molecule has 0 bridgehead atoms. The number of hydrogen-bond donors (Lipinski definition) is 3. The molecule has 0 unspecified atom stereocenters. The van der Waals surface area contributed by atoms with Crippen molar-refractivity contribution in [3.63, 3.8) is 0 Å². The van der Waals surface area contributed by atoms with Gasteiger partial charge in [-0.15, -0.1) is 0 Å². The highest BCUT2D eigenvalue weighted by molar-refractivity contribution is 7.89. The van der Waals surface area contributed by atoms with E-state index in [9.17, 15) is 21.6 Å². The van der Waals surface area contributed by atoms with Crippen molar-refractivity contribution in [2.24, 2.45) is 0 Å². The van der Waals surface area contributed by atoms with Gasteiger partial charge in [-0.3, -0.25) is 0 Å². The lowest BCUT2D eigenvalue weighted by Gasteiger charge is -2.23. The summed E-state index contributed by atoms with van der Waals surface area (Å²) in [6.45, 7) is 3.77. The first-order valence-electron chi connectivity index (χ1n) is 6.59. The second-order valence-electron chi connectivity index (χ2n) is 4.64. The highest BCUT2D eigenvalue weighted by Gasteiger charge is 2.38. The van der Waals surface area contributed by atoms with Gasteiger partial charge in [0.15, 0.2) is 0 Å². The minimum atomic E-state index is -5.08. The maximum absolute atomic E-state index is 11.5. The third-order valence-electron chi connectivity index (χ3n) is 2.65. The number of halogens is 3. The highest BCUT2D eigenvalue weighted by atomic mass is 32.2. The lowest BCUT2D eigenvalue weighted by atomic mass is 10.1. The Kier molecular flexibility index (Phi) is 8.83. The van der Waals surface area contributed by atoms with E-state index in [1.807, 2.05) is 6.92 Å². The molecular formula is C11H21F3N2O4S. The third-order valence-corrected chi connectivity index (χ3v) is 4.17. The van der Waals surface area contributed by atoms with Gasteiger partial charge in [-0.2, -0.15) is 13.2 Å². The first-order chi connectivity index (χ1) is 9.58. The summed E-state index contributed by atoms with van der Waals surface area (Å²) >= 11 is 0. The third kappa shape index (κ3) is 10.5. The number of piperidine rings is 1. The van der Waals surface area contributed by atoms with Crippen molar-refractivity contribution in [2.75, 3.05) is 18.8 Å². The molecule has 1 atom stereocenters. The van der Waals surface area contributed by atoms with Crippen molar-refractivity contribution < 1.29 is 31.5 Å². The Morgan fingerprint density at radius 3 is 2.38 bits per heavy atom. The number of aliphatic carboxylic acids is 1. The molecule has 3 N–H and O–H groups in total. The molecule has 0 amide bonds. The summed E-state index contributed by atoms with van der Waals surface area (Å²) in [7, 11) is -3.03. The summed E-state index contributed by atoms with van der Waals surface area (Å²) in [6.07, 6.45) is -1.40. The maximum atomic E-state index is 11.5. The molecule has 0 aromatic heterocycles. The molecule has 6 nitrogen and oxygen atoms in total. The van der Waals surface area contributed by atoms with E-state index in [0.29, 0.717) is 0 Å². The number of sulfonamides is 1. The zero-order valence-electron chi connectivity index (χ0n) is 11.7. The minimum Gasteiger partial charge on any atom is -0.475 e. The van der Waals surface area contributed by atoms with E-state index in [0.717, 1.165) is 38.8 Å². The molecule has 126 valence electrons. The number of carboxylic acids is 1. The van der Waals surface area contributed by atoms with Crippen LogP contribution in [0.15, 0.2) is 0 Å². The smallest absolute Gasteiger partial charge is 0.475 e. The van der Waals surface area contributed by atoms with Gasteiger partial charge in [-0.25, -0.2) is 17.9 Å². The summed E-state index contributed by atoms with van der Waals surface area (Å²) in [4.78, 5) is 8.90. The average molecular weight is 334 g/mol. The first kappa shape index (κ1) is 20.1. The summed E-state index contributed by atoms with van der Waals surface area (Å²) in [5, 5.41) is 10.3. The quantitative estimate of drug-likeness (QED) is 0.699. The zero-order chi connectivity index (χ0) is 16.5. The summed E-state index contributed by atoms with van der Waals surface area (Å²) in [6, 6.07) is 0.102. The average Bonchev–Trinajstić information content (AvgIpc) is 2.37. The molecule has 1 aliphatic heterocycles. The molecule has 0 saturated carbocycles. The van der Waals surface area contributed by atoms with Gasteiger partial charge in [0.05, 0.1) is 5.75 Å². The Morgan fingerprint density at radius 2 is 2.00 bits per heavy atom. The summed E-state index contributed by atoms with van der Waals surface area (Å²) in [5.41, 5.74) is 0. The molecule has 0 aromatic carbocycles. The van der Waals surface area contributed by atoms with Crippen LogP contribution in [0.1, 0.15) is 32.6 Å². The van der Waals surface area contributed by atoms with Crippen molar-refractivity contribution >= 4 is 16.0 Å². The number of rotatable bonds is 5. The molecule has 1 aliphatic rings. The van der Waals surface area contributed by atoms with Gasteiger partial charge in [-0.1, -0.05) is 13.3 Å². The van der Waals surface area contributed by atoms with Gasteiger partial charge in [-0.05, 0) is 25.8 Å². The first-order valence-corrected chi connectivity index (χ1v) is 8.24. The van der Waals surface area contributed by atoms with Gasteiger partial charge in [0.1, 0.15) is 0 Å². The fourth-order valence-corrected chi connectivity index (χ4v) is 3.10. The SMILES string of the molecule is CCCCS(=O)(=O)N[C@@H]1CCCNC1.O=C(O)C(F)(F)F. The van der Waals surface area contributed by atoms with Crippen LogP contribution >= 0.6 is 0 Å². The van der Waals surface area contributed by atoms with Crippen molar-refractivity contribution in [3.8, 4) is 0 Å². The fraction of sp³-hybridized carbons (Fsp3) is 0.909. The lowest BCUT2D eigenvalue weighted by Crippen LogP contribution is -2.46. The number of nitrogens with one attached hydrogen (secondary N) is 2. The Bertz CT molecular complexity index is 406. The Labute approximate surface area is 122 Å². The van der Waals surface area contributed by atoms with Crippen LogP contribution in [0.2, 0.25) is 0 Å². The van der Waals surface area contributed by atoms with Crippen LogP contribution in [-0.4, -0.2) is 50.6 Å². The summed E-state index contributed by atoms with van der Waals surface area (Å²) < 4.78 is 57.5. The normalized spacial score (nSPS) is 19.5. The second-order valence-corrected chi connectivity index (χ2v) is 6.51. The van der Waals surface area contributed by atoms with Gasteiger partial charge in [0, 0.05) is 12.6 Å². The predicted molar refractivity (Wildman–Crippen MR) is 71.4 cm³/mol. The largest absolute Gasteiger partial charge is 0.490 e. The highest BCUT2D eigenvalue weighted by Crippen LogP contribution is 2.13. The number of carbonyl (C=O) groups is 1. The van der Waals surface area contributed by atoms with Crippen molar-refractivity contribution in [1.29, 1.82) is 0 Å². The van der Waals surface area contributed by atoms with Crippen LogP contribution in [0.4, 0.5) is 13.2 Å². The van der Waals surface area contributed by atoms with Crippen LogP contribution < -0.4 is 10.0 Å². The number of alkyl halides is 3. The number of unbranched alkanes of at least 4 members (excludes halogenated alkanes) is 1. The Morgan fingerprint density at radius 1 is 1.43 bits per heavy atom. The molecular weight excluding hydrogens is 313 g/mol. The van der Waals surface area contributed by atoms with E-state index < -0.39 is 22.2 Å². The van der Waals surface area contributed by atoms with Crippen molar-refractivity contribution in [2.45, 2.75) is 44.8 Å². The van der Waals surface area contributed by atoms with E-state index in [1.54, 1.807) is 0 Å². The molecule has 0 aromatic rings. The molecule has 0 aliphatic carbocycles. The van der Waals surface area contributed by atoms with E-state index >= 15 is 0 Å². The van der Waals surface area contributed by atoms with E-state index in [-0.39, 0.29) is 11.8 Å².